The standard InChI is InChI=1S/C53H90O15/c1-3-5-7-9-11-13-15-17-19-20-22-23-25-27-29-31-33-35-44(55)63-38-41(66-45(56)36-34-32-30-28-26-24-21-18-16-14-12-10-8-6-4-2)39-64-52-51(62)49(60)47(58)43(68-52)40-65-53-50(61)48(59)46(57)42(37-54)67-53/h6,8,11-14,17-19,21,41-43,46-54,57-62H,3-5,7,9-10,15-16,20,22-40H2,1-2H3/b8-6+,13-11+,14-12+,19-17+,21-18+/t41-,42+,43+,46-,47-,48?,49?,50?,51?,52+,53+/m0/s1. The van der Waals surface area contributed by atoms with Crippen LogP contribution in [-0.4, -0.2) is 142 Å². The van der Waals surface area contributed by atoms with Crippen LogP contribution in [0.2, 0.25) is 0 Å². The first-order valence-corrected chi connectivity index (χ1v) is 25.9. The van der Waals surface area contributed by atoms with Crippen molar-refractivity contribution in [3.05, 3.63) is 60.8 Å². The smallest absolute Gasteiger partial charge is 0.306 e. The van der Waals surface area contributed by atoms with Gasteiger partial charge in [-0.25, -0.2) is 0 Å². The molecular formula is C53H90O15. The lowest BCUT2D eigenvalue weighted by Crippen LogP contribution is -2.61. The van der Waals surface area contributed by atoms with Crippen molar-refractivity contribution in [2.24, 2.45) is 0 Å². The molecular weight excluding hydrogens is 877 g/mol. The molecule has 7 N–H and O–H groups in total. The summed E-state index contributed by atoms with van der Waals surface area (Å²) in [7, 11) is 0. The van der Waals surface area contributed by atoms with Gasteiger partial charge in [0.25, 0.3) is 0 Å². The van der Waals surface area contributed by atoms with Crippen LogP contribution < -0.4 is 0 Å². The highest BCUT2D eigenvalue weighted by Gasteiger charge is 2.47. The Bertz CT molecular complexity index is 1420. The third kappa shape index (κ3) is 27.6. The van der Waals surface area contributed by atoms with Gasteiger partial charge in [0.1, 0.15) is 55.4 Å². The Morgan fingerprint density at radius 1 is 0.485 bits per heavy atom. The Kier molecular flexibility index (Phi) is 36.0. The summed E-state index contributed by atoms with van der Waals surface area (Å²) >= 11 is 0. The highest BCUT2D eigenvalue weighted by atomic mass is 16.7. The van der Waals surface area contributed by atoms with E-state index in [4.69, 9.17) is 28.4 Å². The minimum Gasteiger partial charge on any atom is -0.462 e. The molecule has 0 aliphatic carbocycles. The molecule has 2 aliphatic rings. The van der Waals surface area contributed by atoms with E-state index in [0.717, 1.165) is 89.9 Å². The Morgan fingerprint density at radius 2 is 0.926 bits per heavy atom. The van der Waals surface area contributed by atoms with Gasteiger partial charge in [0.2, 0.25) is 0 Å². The number of carbonyl (C=O) groups excluding carboxylic acids is 2. The number of allylic oxidation sites excluding steroid dienone is 10. The van der Waals surface area contributed by atoms with Gasteiger partial charge < -0.3 is 64.2 Å². The lowest BCUT2D eigenvalue weighted by atomic mass is 9.98. The van der Waals surface area contributed by atoms with Crippen molar-refractivity contribution in [2.75, 3.05) is 26.4 Å². The third-order valence-corrected chi connectivity index (χ3v) is 12.0. The second-order valence-corrected chi connectivity index (χ2v) is 18.0. The molecule has 4 unspecified atom stereocenters. The van der Waals surface area contributed by atoms with Crippen LogP contribution in [0, 0.1) is 0 Å². The molecule has 2 rings (SSSR count). The quantitative estimate of drug-likeness (QED) is 0.0183. The second kappa shape index (κ2) is 39.9. The van der Waals surface area contributed by atoms with Gasteiger partial charge in [0.15, 0.2) is 18.7 Å². The normalized spacial score (nSPS) is 26.2. The third-order valence-electron chi connectivity index (χ3n) is 12.0. The molecule has 0 amide bonds. The molecule has 11 atom stereocenters. The molecule has 68 heavy (non-hydrogen) atoms. The zero-order chi connectivity index (χ0) is 49.6. The number of hydrogen-bond acceptors (Lipinski definition) is 15. The van der Waals surface area contributed by atoms with Gasteiger partial charge >= 0.3 is 11.9 Å². The average molecular weight is 967 g/mol. The second-order valence-electron chi connectivity index (χ2n) is 18.0. The van der Waals surface area contributed by atoms with E-state index < -0.39 is 99.3 Å². The summed E-state index contributed by atoms with van der Waals surface area (Å²) in [5.74, 6) is -0.957. The Hall–Kier alpha value is -2.80. The van der Waals surface area contributed by atoms with Gasteiger partial charge in [-0.2, -0.15) is 0 Å². The van der Waals surface area contributed by atoms with Gasteiger partial charge in [-0.1, -0.05) is 139 Å². The van der Waals surface area contributed by atoms with Crippen molar-refractivity contribution in [1.82, 2.24) is 0 Å². The fourth-order valence-corrected chi connectivity index (χ4v) is 7.73. The van der Waals surface area contributed by atoms with E-state index >= 15 is 0 Å². The predicted molar refractivity (Wildman–Crippen MR) is 261 cm³/mol. The first-order valence-electron chi connectivity index (χ1n) is 25.9. The van der Waals surface area contributed by atoms with E-state index in [9.17, 15) is 45.3 Å². The van der Waals surface area contributed by atoms with Crippen molar-refractivity contribution in [2.45, 2.75) is 235 Å². The molecule has 0 spiro atoms. The van der Waals surface area contributed by atoms with Crippen LogP contribution >= 0.6 is 0 Å². The minimum absolute atomic E-state index is 0.141. The average Bonchev–Trinajstić information content (AvgIpc) is 3.33. The van der Waals surface area contributed by atoms with Gasteiger partial charge in [0, 0.05) is 12.8 Å². The SMILES string of the molecule is CC/C=C/C/C=C/C/C=C/CCCCCCCC(=O)O[C@@H](COC(=O)CCCCCCCCC/C=C/C/C=C/CCCCC)CO[C@@H]1O[C@H](CO[C@@H]2O[C@H](CO)[C@H](O)C(O)C2O)[C@H](O)C(O)C1O. The molecule has 2 heterocycles. The number of aliphatic hydroxyl groups is 7. The van der Waals surface area contributed by atoms with Gasteiger partial charge in [-0.05, 0) is 77.0 Å². The van der Waals surface area contributed by atoms with Crippen molar-refractivity contribution in [1.29, 1.82) is 0 Å². The molecule has 0 radical (unpaired) electrons. The Balaban J connectivity index is 1.82. The van der Waals surface area contributed by atoms with Crippen LogP contribution in [0.25, 0.3) is 0 Å². The molecule has 2 aliphatic heterocycles. The van der Waals surface area contributed by atoms with E-state index in [2.05, 4.69) is 74.6 Å². The number of unbranched alkanes of at least 4 members (excludes halogenated alkanes) is 15. The maximum absolute atomic E-state index is 13.0. The van der Waals surface area contributed by atoms with Crippen LogP contribution in [0.5, 0.6) is 0 Å². The first kappa shape index (κ1) is 61.3. The lowest BCUT2D eigenvalue weighted by molar-refractivity contribution is -0.332. The molecule has 0 aromatic heterocycles. The summed E-state index contributed by atoms with van der Waals surface area (Å²) in [6, 6.07) is 0. The molecule has 0 aromatic carbocycles. The maximum Gasteiger partial charge on any atom is 0.306 e. The largest absolute Gasteiger partial charge is 0.462 e. The van der Waals surface area contributed by atoms with Crippen molar-refractivity contribution in [3.8, 4) is 0 Å². The predicted octanol–water partition coefficient (Wildman–Crippen LogP) is 7.27. The highest BCUT2D eigenvalue weighted by Crippen LogP contribution is 2.26. The zero-order valence-electron chi connectivity index (χ0n) is 41.3. The summed E-state index contributed by atoms with van der Waals surface area (Å²) in [5, 5.41) is 72.1. The van der Waals surface area contributed by atoms with E-state index in [-0.39, 0.29) is 19.4 Å². The molecule has 2 saturated heterocycles. The Morgan fingerprint density at radius 3 is 1.46 bits per heavy atom. The maximum atomic E-state index is 13.0. The topological polar surface area (TPSA) is 231 Å². The summed E-state index contributed by atoms with van der Waals surface area (Å²) in [6.07, 6.45) is 28.1. The van der Waals surface area contributed by atoms with Crippen molar-refractivity contribution >= 4 is 11.9 Å². The molecule has 0 saturated carbocycles. The van der Waals surface area contributed by atoms with Crippen molar-refractivity contribution < 1.29 is 73.8 Å². The van der Waals surface area contributed by atoms with Crippen molar-refractivity contribution in [3.63, 3.8) is 0 Å². The minimum atomic E-state index is -1.77. The number of rotatable bonds is 39. The highest BCUT2D eigenvalue weighted by molar-refractivity contribution is 5.70. The Labute approximate surface area is 407 Å². The fourth-order valence-electron chi connectivity index (χ4n) is 7.73. The van der Waals surface area contributed by atoms with E-state index in [1.165, 1.54) is 38.5 Å². The van der Waals surface area contributed by atoms with Crippen LogP contribution in [-0.2, 0) is 38.0 Å². The van der Waals surface area contributed by atoms with E-state index in [1.807, 2.05) is 0 Å². The summed E-state index contributed by atoms with van der Waals surface area (Å²) in [6.45, 7) is 2.42. The number of ether oxygens (including phenoxy) is 6. The molecule has 15 nitrogen and oxygen atoms in total. The van der Waals surface area contributed by atoms with E-state index in [1.54, 1.807) is 0 Å². The van der Waals surface area contributed by atoms with Gasteiger partial charge in [-0.15, -0.1) is 0 Å². The number of aliphatic hydroxyl groups excluding tert-OH is 7. The summed E-state index contributed by atoms with van der Waals surface area (Å²) < 4.78 is 33.6. The number of esters is 2. The monoisotopic (exact) mass is 967 g/mol. The summed E-state index contributed by atoms with van der Waals surface area (Å²) in [4.78, 5) is 25.8. The van der Waals surface area contributed by atoms with Crippen LogP contribution in [0.3, 0.4) is 0 Å². The molecule has 0 aromatic rings. The van der Waals surface area contributed by atoms with Crippen LogP contribution in [0.1, 0.15) is 168 Å². The summed E-state index contributed by atoms with van der Waals surface area (Å²) in [5.41, 5.74) is 0. The number of hydrogen-bond donors (Lipinski definition) is 7. The molecule has 0 bridgehead atoms. The molecule has 2 fully saturated rings. The van der Waals surface area contributed by atoms with Gasteiger partial charge in [0.05, 0.1) is 19.8 Å². The van der Waals surface area contributed by atoms with Crippen LogP contribution in [0.4, 0.5) is 0 Å². The lowest BCUT2D eigenvalue weighted by Gasteiger charge is -2.42. The zero-order valence-corrected chi connectivity index (χ0v) is 41.3. The van der Waals surface area contributed by atoms with E-state index in [0.29, 0.717) is 12.8 Å². The molecule has 15 heteroatoms. The van der Waals surface area contributed by atoms with Crippen LogP contribution in [0.15, 0.2) is 60.8 Å². The number of carbonyl (C=O) groups is 2. The first-order chi connectivity index (χ1) is 33.0. The fraction of sp³-hybridized carbons (Fsp3) is 0.774. The molecule has 392 valence electrons. The van der Waals surface area contributed by atoms with Gasteiger partial charge in [-0.3, -0.25) is 9.59 Å².